The Morgan fingerprint density at radius 1 is 1.24 bits per heavy atom. The number of nitrogens with two attached hydrogens (primary N) is 1. The minimum absolute atomic E-state index is 0.172. The molecule has 1 amide bonds. The number of halogens is 2. The van der Waals surface area contributed by atoms with Crippen LogP contribution in [-0.4, -0.2) is 5.91 Å². The van der Waals surface area contributed by atoms with E-state index in [0.717, 1.165) is 23.8 Å². The van der Waals surface area contributed by atoms with E-state index >= 15 is 0 Å². The van der Waals surface area contributed by atoms with E-state index in [-0.39, 0.29) is 5.91 Å². The molecule has 2 aromatic carbocycles. The molecule has 1 aromatic heterocycles. The summed E-state index contributed by atoms with van der Waals surface area (Å²) >= 11 is 7.02. The Bertz CT molecular complexity index is 847. The summed E-state index contributed by atoms with van der Waals surface area (Å²) < 4.78 is 2.96. The van der Waals surface area contributed by atoms with Gasteiger partial charge >= 0.3 is 0 Å². The Morgan fingerprint density at radius 2 is 2.00 bits per heavy atom. The first kappa shape index (κ1) is 14.8. The van der Waals surface area contributed by atoms with Crippen LogP contribution in [0.3, 0.4) is 0 Å². The number of amides is 1. The van der Waals surface area contributed by atoms with Crippen LogP contribution >= 0.6 is 49.9 Å². The van der Waals surface area contributed by atoms with E-state index in [1.807, 2.05) is 42.5 Å². The van der Waals surface area contributed by atoms with Crippen molar-refractivity contribution in [1.29, 1.82) is 0 Å². The summed E-state index contributed by atoms with van der Waals surface area (Å²) in [6.07, 6.45) is 0. The van der Waals surface area contributed by atoms with Crippen LogP contribution in [0.1, 0.15) is 9.67 Å². The van der Waals surface area contributed by atoms with Crippen molar-refractivity contribution in [3.63, 3.8) is 0 Å². The molecule has 106 valence electrons. The van der Waals surface area contributed by atoms with Gasteiger partial charge in [-0.05, 0) is 46.9 Å². The van der Waals surface area contributed by atoms with Crippen molar-refractivity contribution >= 4 is 77.2 Å². The highest BCUT2D eigenvalue weighted by Gasteiger charge is 2.17. The number of para-hydroxylation sites is 1. The summed E-state index contributed by atoms with van der Waals surface area (Å²) in [6, 6.07) is 13.5. The van der Waals surface area contributed by atoms with Gasteiger partial charge in [0.25, 0.3) is 5.91 Å². The molecule has 0 spiro atoms. The summed E-state index contributed by atoms with van der Waals surface area (Å²) in [5.74, 6) is -0.172. The molecular formula is C15H10BrIN2OS. The smallest absolute Gasteiger partial charge is 0.267 e. The van der Waals surface area contributed by atoms with Gasteiger partial charge < -0.3 is 11.1 Å². The molecule has 3 rings (SSSR count). The molecule has 3 aromatic rings. The maximum atomic E-state index is 12.4. The number of rotatable bonds is 2. The molecule has 3 nitrogen and oxygen atoms in total. The summed E-state index contributed by atoms with van der Waals surface area (Å²) in [6.45, 7) is 0. The molecule has 0 aliphatic rings. The van der Waals surface area contributed by atoms with Gasteiger partial charge in [-0.2, -0.15) is 0 Å². The number of hydrogen-bond acceptors (Lipinski definition) is 3. The lowest BCUT2D eigenvalue weighted by molar-refractivity contribution is 0.103. The van der Waals surface area contributed by atoms with Crippen molar-refractivity contribution in [3.05, 3.63) is 55.4 Å². The Morgan fingerprint density at radius 3 is 2.76 bits per heavy atom. The summed E-state index contributed by atoms with van der Waals surface area (Å²) in [5, 5.41) is 3.83. The minimum Gasteiger partial charge on any atom is -0.397 e. The number of nitrogens with one attached hydrogen (secondary N) is 1. The molecule has 0 bridgehead atoms. The number of benzene rings is 2. The second-order valence-corrected chi connectivity index (χ2v) is 7.55. The third kappa shape index (κ3) is 2.93. The Labute approximate surface area is 147 Å². The van der Waals surface area contributed by atoms with Crippen LogP contribution in [0, 0.1) is 3.57 Å². The molecule has 0 radical (unpaired) electrons. The standard InChI is InChI=1S/C15H10BrIN2OS/c16-8-5-6-9-12(7-8)21-14(13(9)18)15(20)19-11-4-2-1-3-10(11)17/h1-7H,18H2,(H,19,20). The van der Waals surface area contributed by atoms with E-state index < -0.39 is 0 Å². The van der Waals surface area contributed by atoms with Crippen LogP contribution in [-0.2, 0) is 0 Å². The van der Waals surface area contributed by atoms with Crippen molar-refractivity contribution in [2.75, 3.05) is 11.1 Å². The number of carbonyl (C=O) groups excluding carboxylic acids is 1. The first-order valence-electron chi connectivity index (χ1n) is 6.09. The number of nitrogen functional groups attached to an aromatic ring is 1. The normalized spacial score (nSPS) is 10.8. The van der Waals surface area contributed by atoms with E-state index in [4.69, 9.17) is 5.73 Å². The average Bonchev–Trinajstić information content (AvgIpc) is 2.78. The highest BCUT2D eigenvalue weighted by Crippen LogP contribution is 2.35. The number of anilines is 2. The third-order valence-corrected chi connectivity index (χ3v) is 5.62. The van der Waals surface area contributed by atoms with Gasteiger partial charge in [0, 0.05) is 18.1 Å². The van der Waals surface area contributed by atoms with Crippen molar-refractivity contribution in [1.82, 2.24) is 0 Å². The molecule has 0 fully saturated rings. The lowest BCUT2D eigenvalue weighted by Crippen LogP contribution is -2.12. The fourth-order valence-electron chi connectivity index (χ4n) is 2.00. The van der Waals surface area contributed by atoms with Crippen LogP contribution < -0.4 is 11.1 Å². The molecule has 0 aliphatic heterocycles. The first-order valence-corrected chi connectivity index (χ1v) is 8.78. The number of hydrogen-bond donors (Lipinski definition) is 2. The van der Waals surface area contributed by atoms with Crippen LogP contribution in [0.2, 0.25) is 0 Å². The Kier molecular flexibility index (Phi) is 4.19. The largest absolute Gasteiger partial charge is 0.397 e. The highest BCUT2D eigenvalue weighted by molar-refractivity contribution is 14.1. The molecule has 6 heteroatoms. The second-order valence-electron chi connectivity index (χ2n) is 4.42. The molecule has 0 aliphatic carbocycles. The van der Waals surface area contributed by atoms with Gasteiger partial charge in [-0.3, -0.25) is 4.79 Å². The molecular weight excluding hydrogens is 463 g/mol. The number of thiophene rings is 1. The van der Waals surface area contributed by atoms with E-state index in [0.29, 0.717) is 10.6 Å². The molecule has 3 N–H and O–H groups in total. The van der Waals surface area contributed by atoms with Gasteiger partial charge in [0.1, 0.15) is 4.88 Å². The second kappa shape index (κ2) is 5.94. The quantitative estimate of drug-likeness (QED) is 0.509. The molecule has 0 unspecified atom stereocenters. The zero-order valence-electron chi connectivity index (χ0n) is 10.7. The predicted octanol–water partition coefficient (Wildman–Crippen LogP) is 5.10. The van der Waals surface area contributed by atoms with Crippen LogP contribution in [0.25, 0.3) is 10.1 Å². The van der Waals surface area contributed by atoms with Gasteiger partial charge in [-0.1, -0.05) is 34.1 Å². The van der Waals surface area contributed by atoms with Crippen molar-refractivity contribution in [3.8, 4) is 0 Å². The summed E-state index contributed by atoms with van der Waals surface area (Å²) in [4.78, 5) is 13.0. The molecule has 0 saturated heterocycles. The van der Waals surface area contributed by atoms with Gasteiger partial charge in [0.15, 0.2) is 0 Å². The SMILES string of the molecule is Nc1c(C(=O)Nc2ccccc2I)sc2cc(Br)ccc12. The molecule has 0 atom stereocenters. The third-order valence-electron chi connectivity index (χ3n) is 3.02. The van der Waals surface area contributed by atoms with Crippen molar-refractivity contribution in [2.45, 2.75) is 0 Å². The van der Waals surface area contributed by atoms with Crippen LogP contribution in [0.15, 0.2) is 46.9 Å². The fourth-order valence-corrected chi connectivity index (χ4v) is 4.09. The lowest BCUT2D eigenvalue weighted by Gasteiger charge is -2.06. The van der Waals surface area contributed by atoms with Gasteiger partial charge in [0.05, 0.1) is 11.4 Å². The maximum Gasteiger partial charge on any atom is 0.267 e. The minimum atomic E-state index is -0.172. The highest BCUT2D eigenvalue weighted by atomic mass is 127. The summed E-state index contributed by atoms with van der Waals surface area (Å²) in [7, 11) is 0. The fraction of sp³-hybridized carbons (Fsp3) is 0. The zero-order chi connectivity index (χ0) is 15.0. The predicted molar refractivity (Wildman–Crippen MR) is 101 cm³/mol. The van der Waals surface area contributed by atoms with Gasteiger partial charge in [0.2, 0.25) is 0 Å². The van der Waals surface area contributed by atoms with Crippen molar-refractivity contribution in [2.24, 2.45) is 0 Å². The monoisotopic (exact) mass is 472 g/mol. The summed E-state index contributed by atoms with van der Waals surface area (Å²) in [5.41, 5.74) is 7.44. The average molecular weight is 473 g/mol. The van der Waals surface area contributed by atoms with E-state index in [1.165, 1.54) is 11.3 Å². The molecule has 0 saturated carbocycles. The van der Waals surface area contributed by atoms with E-state index in [1.54, 1.807) is 0 Å². The molecule has 21 heavy (non-hydrogen) atoms. The Balaban J connectivity index is 1.98. The van der Waals surface area contributed by atoms with Crippen molar-refractivity contribution < 1.29 is 4.79 Å². The van der Waals surface area contributed by atoms with Crippen LogP contribution in [0.5, 0.6) is 0 Å². The topological polar surface area (TPSA) is 55.1 Å². The van der Waals surface area contributed by atoms with E-state index in [2.05, 4.69) is 43.8 Å². The maximum absolute atomic E-state index is 12.4. The number of fused-ring (bicyclic) bond motifs is 1. The lowest BCUT2D eigenvalue weighted by atomic mass is 10.2. The zero-order valence-corrected chi connectivity index (χ0v) is 15.3. The first-order chi connectivity index (χ1) is 10.1. The number of carbonyl (C=O) groups is 1. The molecule has 1 heterocycles. The Hall–Kier alpha value is -1.12. The van der Waals surface area contributed by atoms with Gasteiger partial charge in [-0.15, -0.1) is 11.3 Å². The van der Waals surface area contributed by atoms with E-state index in [9.17, 15) is 4.79 Å². The van der Waals surface area contributed by atoms with Crippen LogP contribution in [0.4, 0.5) is 11.4 Å². The van der Waals surface area contributed by atoms with Gasteiger partial charge in [-0.25, -0.2) is 0 Å².